The maximum Gasteiger partial charge on any atom is 0.146 e. The number of benzene rings is 2. The predicted octanol–water partition coefficient (Wildman–Crippen LogP) is 4.14. The lowest BCUT2D eigenvalue weighted by Crippen LogP contribution is -2.42. The molecule has 0 spiro atoms. The maximum absolute atomic E-state index is 14.0. The number of nitrogen functional groups attached to an aromatic ring is 1. The molecule has 0 aromatic heterocycles. The Morgan fingerprint density at radius 1 is 0.952 bits per heavy atom. The second-order valence-electron chi connectivity index (χ2n) is 5.23. The summed E-state index contributed by atoms with van der Waals surface area (Å²) in [4.78, 5) is 0. The molecule has 0 amide bonds. The van der Waals surface area contributed by atoms with Crippen LogP contribution in [-0.2, 0) is 5.60 Å². The topological polar surface area (TPSA) is 35.2 Å². The van der Waals surface area contributed by atoms with Gasteiger partial charge >= 0.3 is 0 Å². The fourth-order valence-corrected chi connectivity index (χ4v) is 2.64. The van der Waals surface area contributed by atoms with Gasteiger partial charge in [-0.2, -0.15) is 0 Å². The third-order valence-electron chi connectivity index (χ3n) is 3.86. The Balaban J connectivity index is 1.99. The molecule has 2 aromatic rings. The molecule has 0 unspecified atom stereocenters. The first-order chi connectivity index (χ1) is 10.0. The molecule has 1 saturated carbocycles. The van der Waals surface area contributed by atoms with E-state index in [1.54, 1.807) is 0 Å². The van der Waals surface area contributed by atoms with E-state index >= 15 is 0 Å². The summed E-state index contributed by atoms with van der Waals surface area (Å²) in [6.45, 7) is 0. The van der Waals surface area contributed by atoms with E-state index < -0.39 is 23.1 Å². The highest BCUT2D eigenvalue weighted by Gasteiger charge is 2.45. The molecular weight excluding hydrogens is 279 g/mol. The van der Waals surface area contributed by atoms with Crippen LogP contribution in [0.4, 0.5) is 18.9 Å². The largest absolute Gasteiger partial charge is 0.482 e. The van der Waals surface area contributed by atoms with Crippen molar-refractivity contribution < 1.29 is 17.9 Å². The van der Waals surface area contributed by atoms with Crippen LogP contribution < -0.4 is 10.5 Å². The molecule has 5 heteroatoms. The van der Waals surface area contributed by atoms with Gasteiger partial charge in [0, 0.05) is 6.07 Å². The van der Waals surface area contributed by atoms with E-state index in [1.165, 1.54) is 36.4 Å². The lowest BCUT2D eigenvalue weighted by molar-refractivity contribution is -0.0184. The second-order valence-corrected chi connectivity index (χ2v) is 5.23. The number of nitrogens with two attached hydrogens (primary N) is 1. The molecule has 0 saturated heterocycles. The van der Waals surface area contributed by atoms with E-state index in [4.69, 9.17) is 10.5 Å². The van der Waals surface area contributed by atoms with Crippen molar-refractivity contribution in [2.75, 3.05) is 5.73 Å². The van der Waals surface area contributed by atoms with Crippen molar-refractivity contribution in [3.8, 4) is 5.75 Å². The van der Waals surface area contributed by atoms with Crippen molar-refractivity contribution in [1.82, 2.24) is 0 Å². The molecule has 1 aliphatic rings. The average Bonchev–Trinajstić information content (AvgIpc) is 2.39. The predicted molar refractivity (Wildman–Crippen MR) is 73.3 cm³/mol. The van der Waals surface area contributed by atoms with Crippen LogP contribution in [0.1, 0.15) is 24.8 Å². The van der Waals surface area contributed by atoms with E-state index in [-0.39, 0.29) is 11.3 Å². The SMILES string of the molecule is Nc1cc(OC2(c3c(F)cccc3F)CCC2)ccc1F. The highest BCUT2D eigenvalue weighted by Crippen LogP contribution is 2.47. The minimum Gasteiger partial charge on any atom is -0.482 e. The molecule has 1 aliphatic carbocycles. The maximum atomic E-state index is 14.0. The molecule has 0 atom stereocenters. The van der Waals surface area contributed by atoms with Gasteiger partial charge in [-0.05, 0) is 43.5 Å². The fourth-order valence-electron chi connectivity index (χ4n) is 2.64. The Morgan fingerprint density at radius 2 is 1.62 bits per heavy atom. The fraction of sp³-hybridized carbons (Fsp3) is 0.250. The van der Waals surface area contributed by atoms with Crippen molar-refractivity contribution >= 4 is 5.69 Å². The van der Waals surface area contributed by atoms with Crippen LogP contribution in [-0.4, -0.2) is 0 Å². The van der Waals surface area contributed by atoms with Crippen LogP contribution in [0.5, 0.6) is 5.75 Å². The standard InChI is InChI=1S/C16H14F3NO/c17-11-6-5-10(9-14(11)20)21-16(7-2-8-16)15-12(18)3-1-4-13(15)19/h1,3-6,9H,2,7-8,20H2. The van der Waals surface area contributed by atoms with Gasteiger partial charge in [0.25, 0.3) is 0 Å². The third-order valence-corrected chi connectivity index (χ3v) is 3.86. The van der Waals surface area contributed by atoms with Crippen LogP contribution in [0.2, 0.25) is 0 Å². The highest BCUT2D eigenvalue weighted by molar-refractivity contribution is 5.46. The molecule has 0 aliphatic heterocycles. The van der Waals surface area contributed by atoms with E-state index in [9.17, 15) is 13.2 Å². The molecule has 2 aromatic carbocycles. The number of halogens is 3. The third kappa shape index (κ3) is 2.33. The van der Waals surface area contributed by atoms with Gasteiger partial charge < -0.3 is 10.5 Å². The van der Waals surface area contributed by atoms with Crippen molar-refractivity contribution in [2.45, 2.75) is 24.9 Å². The minimum atomic E-state index is -1.04. The van der Waals surface area contributed by atoms with E-state index in [1.807, 2.05) is 0 Å². The Kier molecular flexibility index (Phi) is 3.27. The van der Waals surface area contributed by atoms with Crippen LogP contribution in [0.15, 0.2) is 36.4 Å². The summed E-state index contributed by atoms with van der Waals surface area (Å²) in [5.41, 5.74) is 4.32. The molecule has 3 rings (SSSR count). The molecule has 2 N–H and O–H groups in total. The Morgan fingerprint density at radius 3 is 2.14 bits per heavy atom. The first-order valence-electron chi connectivity index (χ1n) is 6.70. The molecule has 110 valence electrons. The summed E-state index contributed by atoms with van der Waals surface area (Å²) >= 11 is 0. The molecule has 0 bridgehead atoms. The smallest absolute Gasteiger partial charge is 0.146 e. The number of rotatable bonds is 3. The van der Waals surface area contributed by atoms with Gasteiger partial charge in [0.05, 0.1) is 11.3 Å². The van der Waals surface area contributed by atoms with Crippen molar-refractivity contribution in [1.29, 1.82) is 0 Å². The first-order valence-corrected chi connectivity index (χ1v) is 6.70. The van der Waals surface area contributed by atoms with Crippen LogP contribution >= 0.6 is 0 Å². The summed E-state index contributed by atoms with van der Waals surface area (Å²) in [5.74, 6) is -1.52. The summed E-state index contributed by atoms with van der Waals surface area (Å²) in [6.07, 6.45) is 1.81. The number of anilines is 1. The average molecular weight is 293 g/mol. The number of ether oxygens (including phenoxy) is 1. The Bertz CT molecular complexity index is 663. The van der Waals surface area contributed by atoms with Gasteiger partial charge in [0.2, 0.25) is 0 Å². The molecule has 1 fully saturated rings. The minimum absolute atomic E-state index is 0.0593. The summed E-state index contributed by atoms with van der Waals surface area (Å²) in [6, 6.07) is 7.64. The monoisotopic (exact) mass is 293 g/mol. The van der Waals surface area contributed by atoms with Crippen molar-refractivity contribution in [2.24, 2.45) is 0 Å². The van der Waals surface area contributed by atoms with Crippen LogP contribution in [0.3, 0.4) is 0 Å². The van der Waals surface area contributed by atoms with Crippen LogP contribution in [0.25, 0.3) is 0 Å². The Labute approximate surface area is 120 Å². The van der Waals surface area contributed by atoms with Gasteiger partial charge in [-0.3, -0.25) is 0 Å². The summed E-state index contributed by atoms with van der Waals surface area (Å²) in [7, 11) is 0. The molecule has 2 nitrogen and oxygen atoms in total. The van der Waals surface area contributed by atoms with E-state index in [0.29, 0.717) is 18.6 Å². The van der Waals surface area contributed by atoms with Gasteiger partial charge in [-0.15, -0.1) is 0 Å². The number of hydrogen-bond donors (Lipinski definition) is 1. The quantitative estimate of drug-likeness (QED) is 0.863. The zero-order chi connectivity index (χ0) is 15.0. The van der Waals surface area contributed by atoms with Crippen molar-refractivity contribution in [3.05, 3.63) is 59.4 Å². The van der Waals surface area contributed by atoms with Crippen LogP contribution in [0, 0.1) is 17.5 Å². The summed E-state index contributed by atoms with van der Waals surface area (Å²) in [5, 5.41) is 0. The second kappa shape index (κ2) is 4.98. The number of hydrogen-bond acceptors (Lipinski definition) is 2. The molecule has 21 heavy (non-hydrogen) atoms. The lowest BCUT2D eigenvalue weighted by atomic mass is 9.74. The molecular formula is C16H14F3NO. The molecule has 0 radical (unpaired) electrons. The first kappa shape index (κ1) is 13.8. The summed E-state index contributed by atoms with van der Waals surface area (Å²) < 4.78 is 47.0. The lowest BCUT2D eigenvalue weighted by Gasteiger charge is -2.42. The molecule has 0 heterocycles. The van der Waals surface area contributed by atoms with E-state index in [0.717, 1.165) is 6.42 Å². The highest BCUT2D eigenvalue weighted by atomic mass is 19.1. The Hall–Kier alpha value is -2.17. The van der Waals surface area contributed by atoms with Gasteiger partial charge in [-0.1, -0.05) is 6.07 Å². The zero-order valence-electron chi connectivity index (χ0n) is 11.2. The van der Waals surface area contributed by atoms with Crippen molar-refractivity contribution in [3.63, 3.8) is 0 Å². The van der Waals surface area contributed by atoms with Gasteiger partial charge in [-0.25, -0.2) is 13.2 Å². The normalized spacial score (nSPS) is 16.3. The van der Waals surface area contributed by atoms with Gasteiger partial charge in [0.15, 0.2) is 0 Å². The van der Waals surface area contributed by atoms with E-state index in [2.05, 4.69) is 0 Å². The van der Waals surface area contributed by atoms with Gasteiger partial charge in [0.1, 0.15) is 28.8 Å². The zero-order valence-corrected chi connectivity index (χ0v) is 11.2.